The maximum absolute atomic E-state index is 12.7. The first-order chi connectivity index (χ1) is 14.1. The lowest BCUT2D eigenvalue weighted by Crippen LogP contribution is -2.17. The van der Waals surface area contributed by atoms with E-state index >= 15 is 0 Å². The molecule has 0 saturated heterocycles. The fourth-order valence-electron chi connectivity index (χ4n) is 3.96. The number of hydrogen-bond acceptors (Lipinski definition) is 3. The summed E-state index contributed by atoms with van der Waals surface area (Å²) in [6.45, 7) is 3.92. The van der Waals surface area contributed by atoms with Gasteiger partial charge in [0, 0.05) is 17.6 Å². The first-order valence-electron chi connectivity index (χ1n) is 9.84. The van der Waals surface area contributed by atoms with Gasteiger partial charge in [-0.25, -0.2) is 0 Å². The van der Waals surface area contributed by atoms with Crippen molar-refractivity contribution >= 4 is 34.1 Å². The van der Waals surface area contributed by atoms with E-state index in [1.165, 1.54) is 0 Å². The zero-order chi connectivity index (χ0) is 20.4. The molecule has 1 heterocycles. The number of rotatable bonds is 5. The minimum atomic E-state index is -0.275. The third kappa shape index (κ3) is 4.01. The van der Waals surface area contributed by atoms with E-state index in [1.807, 2.05) is 12.1 Å². The summed E-state index contributed by atoms with van der Waals surface area (Å²) >= 11 is 6.15. The number of nitrogens with one attached hydrogen (secondary N) is 1. The van der Waals surface area contributed by atoms with Crippen molar-refractivity contribution in [1.29, 1.82) is 0 Å². The van der Waals surface area contributed by atoms with Crippen LogP contribution in [0.5, 0.6) is 5.75 Å². The van der Waals surface area contributed by atoms with Crippen molar-refractivity contribution in [3.63, 3.8) is 0 Å². The molecule has 1 aliphatic rings. The molecule has 0 atom stereocenters. The predicted molar refractivity (Wildman–Crippen MR) is 117 cm³/mol. The molecule has 5 nitrogen and oxygen atoms in total. The number of amides is 1. The Balaban J connectivity index is 1.61. The first-order valence-corrected chi connectivity index (χ1v) is 10.2. The Morgan fingerprint density at radius 2 is 2.03 bits per heavy atom. The number of nitrogens with zero attached hydrogens (tertiary/aromatic N) is 2. The lowest BCUT2D eigenvalue weighted by Gasteiger charge is -2.26. The lowest BCUT2D eigenvalue weighted by molar-refractivity contribution is 0.102. The summed E-state index contributed by atoms with van der Waals surface area (Å²) in [7, 11) is 1.58. The van der Waals surface area contributed by atoms with Crippen LogP contribution < -0.4 is 10.1 Å². The molecule has 0 radical (unpaired) electrons. The van der Waals surface area contributed by atoms with E-state index in [-0.39, 0.29) is 5.91 Å². The van der Waals surface area contributed by atoms with E-state index in [9.17, 15) is 4.79 Å². The second-order valence-electron chi connectivity index (χ2n) is 7.46. The molecule has 3 aromatic rings. The van der Waals surface area contributed by atoms with Crippen molar-refractivity contribution in [3.05, 3.63) is 65.8 Å². The molecule has 1 amide bonds. The van der Waals surface area contributed by atoms with Gasteiger partial charge in [0.05, 0.1) is 34.9 Å². The predicted octanol–water partition coefficient (Wildman–Crippen LogP) is 5.87. The quantitative estimate of drug-likeness (QED) is 0.536. The van der Waals surface area contributed by atoms with Crippen LogP contribution in [0, 0.1) is 5.92 Å². The van der Waals surface area contributed by atoms with Crippen molar-refractivity contribution < 1.29 is 9.53 Å². The zero-order valence-corrected chi connectivity index (χ0v) is 17.2. The number of hydrogen-bond donors (Lipinski definition) is 1. The Hall–Kier alpha value is -2.79. The number of methoxy groups -OCH3 is 1. The average molecular weight is 410 g/mol. The highest BCUT2D eigenvalue weighted by atomic mass is 35.5. The van der Waals surface area contributed by atoms with Crippen LogP contribution in [0.25, 0.3) is 10.9 Å². The fraction of sp³-hybridized carbons (Fsp3) is 0.304. The Bertz CT molecular complexity index is 1050. The minimum Gasteiger partial charge on any atom is -0.494 e. The molecule has 2 aromatic carbocycles. The number of halogens is 1. The van der Waals surface area contributed by atoms with Crippen LogP contribution in [-0.4, -0.2) is 22.8 Å². The summed E-state index contributed by atoms with van der Waals surface area (Å²) < 4.78 is 7.55. The Morgan fingerprint density at radius 1 is 1.28 bits per heavy atom. The summed E-state index contributed by atoms with van der Waals surface area (Å²) in [5.41, 5.74) is 1.87. The molecule has 4 rings (SSSR count). The van der Waals surface area contributed by atoms with Gasteiger partial charge in [-0.15, -0.1) is 6.58 Å². The molecule has 1 fully saturated rings. The molecule has 0 bridgehead atoms. The number of carbonyl (C=O) groups excluding carboxylic acids is 1. The lowest BCUT2D eigenvalue weighted by atomic mass is 9.86. The molecule has 1 saturated carbocycles. The smallest absolute Gasteiger partial charge is 0.257 e. The number of fused-ring (bicyclic) bond motifs is 1. The summed E-state index contributed by atoms with van der Waals surface area (Å²) in [5.74, 6) is 0.907. The van der Waals surface area contributed by atoms with Gasteiger partial charge in [-0.2, -0.15) is 5.10 Å². The van der Waals surface area contributed by atoms with E-state index in [0.29, 0.717) is 34.0 Å². The maximum Gasteiger partial charge on any atom is 0.257 e. The SMILES string of the molecule is C=CC1CCC(n2cc3cc(NC(=O)c4ccccc4Cl)c(OC)cc3n2)CC1. The third-order valence-corrected chi connectivity index (χ3v) is 5.99. The maximum atomic E-state index is 12.7. The standard InChI is InChI=1S/C23H24ClN3O2/c1-3-15-8-10-17(11-9-15)27-14-16-12-21(22(29-2)13-20(16)26-27)25-23(28)18-6-4-5-7-19(18)24/h3-7,12-15,17H,1,8-11H2,2H3,(H,25,28). The van der Waals surface area contributed by atoms with Gasteiger partial charge < -0.3 is 10.1 Å². The van der Waals surface area contributed by atoms with Crippen LogP contribution >= 0.6 is 11.6 Å². The largest absolute Gasteiger partial charge is 0.494 e. The van der Waals surface area contributed by atoms with Crippen molar-refractivity contribution in [1.82, 2.24) is 9.78 Å². The highest BCUT2D eigenvalue weighted by molar-refractivity contribution is 6.34. The minimum absolute atomic E-state index is 0.275. The van der Waals surface area contributed by atoms with Gasteiger partial charge in [0.15, 0.2) is 0 Å². The summed E-state index contributed by atoms with van der Waals surface area (Å²) in [6, 6.07) is 11.1. The molecule has 1 aliphatic carbocycles. The number of benzene rings is 2. The van der Waals surface area contributed by atoms with Crippen LogP contribution in [0.2, 0.25) is 5.02 Å². The molecule has 29 heavy (non-hydrogen) atoms. The zero-order valence-electron chi connectivity index (χ0n) is 16.4. The highest BCUT2D eigenvalue weighted by Gasteiger charge is 2.22. The highest BCUT2D eigenvalue weighted by Crippen LogP contribution is 2.35. The summed E-state index contributed by atoms with van der Waals surface area (Å²) in [6.07, 6.45) is 8.60. The number of aromatic nitrogens is 2. The molecule has 1 N–H and O–H groups in total. The van der Waals surface area contributed by atoms with Gasteiger partial charge in [-0.3, -0.25) is 9.48 Å². The summed E-state index contributed by atoms with van der Waals surface area (Å²) in [4.78, 5) is 12.7. The molecular formula is C23H24ClN3O2. The number of allylic oxidation sites excluding steroid dienone is 1. The summed E-state index contributed by atoms with van der Waals surface area (Å²) in [5, 5.41) is 9.06. The molecule has 1 aromatic heterocycles. The van der Waals surface area contributed by atoms with Crippen molar-refractivity contribution in [2.24, 2.45) is 5.92 Å². The van der Waals surface area contributed by atoms with Gasteiger partial charge in [-0.05, 0) is 49.8 Å². The molecule has 0 aliphatic heterocycles. The van der Waals surface area contributed by atoms with Crippen LogP contribution in [0.4, 0.5) is 5.69 Å². The van der Waals surface area contributed by atoms with E-state index < -0.39 is 0 Å². The topological polar surface area (TPSA) is 56.2 Å². The third-order valence-electron chi connectivity index (χ3n) is 5.66. The monoisotopic (exact) mass is 409 g/mol. The second-order valence-corrected chi connectivity index (χ2v) is 7.87. The molecule has 0 spiro atoms. The van der Waals surface area contributed by atoms with E-state index in [4.69, 9.17) is 21.4 Å². The molecular weight excluding hydrogens is 386 g/mol. The Morgan fingerprint density at radius 3 is 2.72 bits per heavy atom. The first kappa shape index (κ1) is 19.5. The van der Waals surface area contributed by atoms with Crippen LogP contribution in [-0.2, 0) is 0 Å². The Kier molecular flexibility index (Phi) is 5.58. The van der Waals surface area contributed by atoms with Crippen LogP contribution in [0.3, 0.4) is 0 Å². The molecule has 6 heteroatoms. The second kappa shape index (κ2) is 8.29. The fourth-order valence-corrected chi connectivity index (χ4v) is 4.18. The van der Waals surface area contributed by atoms with Crippen LogP contribution in [0.15, 0.2) is 55.3 Å². The van der Waals surface area contributed by atoms with Crippen molar-refractivity contribution in [2.45, 2.75) is 31.7 Å². The molecule has 150 valence electrons. The number of anilines is 1. The van der Waals surface area contributed by atoms with E-state index in [0.717, 1.165) is 36.6 Å². The van der Waals surface area contributed by atoms with E-state index in [2.05, 4.69) is 28.9 Å². The number of ether oxygens (including phenoxy) is 1. The van der Waals surface area contributed by atoms with Gasteiger partial charge >= 0.3 is 0 Å². The van der Waals surface area contributed by atoms with Gasteiger partial charge in [0.1, 0.15) is 5.75 Å². The number of carbonyl (C=O) groups is 1. The Labute approximate surface area is 175 Å². The van der Waals surface area contributed by atoms with Gasteiger partial charge in [0.2, 0.25) is 0 Å². The van der Waals surface area contributed by atoms with Gasteiger partial charge in [-0.1, -0.05) is 29.8 Å². The van der Waals surface area contributed by atoms with Crippen LogP contribution in [0.1, 0.15) is 42.1 Å². The van der Waals surface area contributed by atoms with Crippen molar-refractivity contribution in [3.8, 4) is 5.75 Å². The normalized spacial score (nSPS) is 19.1. The molecule has 0 unspecified atom stereocenters. The van der Waals surface area contributed by atoms with E-state index in [1.54, 1.807) is 31.4 Å². The van der Waals surface area contributed by atoms with Crippen molar-refractivity contribution in [2.75, 3.05) is 12.4 Å². The average Bonchev–Trinajstić information content (AvgIpc) is 3.16. The van der Waals surface area contributed by atoms with Gasteiger partial charge in [0.25, 0.3) is 5.91 Å².